The Morgan fingerprint density at radius 3 is 2.67 bits per heavy atom. The van der Waals surface area contributed by atoms with Crippen LogP contribution < -0.4 is 5.73 Å². The second-order valence-electron chi connectivity index (χ2n) is 4.41. The van der Waals surface area contributed by atoms with Crippen molar-refractivity contribution in [2.45, 2.75) is 26.7 Å². The number of H-pyrrole nitrogens is 1. The summed E-state index contributed by atoms with van der Waals surface area (Å²) in [6, 6.07) is 6.63. The molecule has 0 aliphatic rings. The maximum absolute atomic E-state index is 5.67. The summed E-state index contributed by atoms with van der Waals surface area (Å²) in [5, 5.41) is 1.29. The van der Waals surface area contributed by atoms with Gasteiger partial charge in [0.05, 0.1) is 0 Å². The van der Waals surface area contributed by atoms with Crippen LogP contribution in [0.1, 0.15) is 29.7 Å². The molecule has 0 aliphatic heterocycles. The number of aromatic amines is 1. The van der Waals surface area contributed by atoms with Gasteiger partial charge in [0.15, 0.2) is 0 Å². The number of nitrogens with one attached hydrogen (secondary N) is 1. The van der Waals surface area contributed by atoms with Crippen molar-refractivity contribution in [2.75, 3.05) is 6.54 Å². The Bertz CT molecular complexity index is 482. The number of benzene rings is 1. The highest BCUT2D eigenvalue weighted by molar-refractivity contribution is 5.84. The highest BCUT2D eigenvalue weighted by atomic mass is 14.7. The van der Waals surface area contributed by atoms with E-state index in [-0.39, 0.29) is 0 Å². The number of aryl methyl sites for hydroxylation is 2. The maximum Gasteiger partial charge on any atom is 0.0486 e. The first kappa shape index (κ1) is 10.2. The summed E-state index contributed by atoms with van der Waals surface area (Å²) < 4.78 is 0. The van der Waals surface area contributed by atoms with Crippen molar-refractivity contribution in [3.63, 3.8) is 0 Å². The third-order valence-electron chi connectivity index (χ3n) is 2.98. The summed E-state index contributed by atoms with van der Waals surface area (Å²) in [5.41, 5.74) is 10.8. The fourth-order valence-corrected chi connectivity index (χ4v) is 2.03. The Balaban J connectivity index is 2.60. The third kappa shape index (κ3) is 1.77. The zero-order valence-electron chi connectivity index (χ0n) is 9.59. The highest BCUT2D eigenvalue weighted by Crippen LogP contribution is 2.24. The minimum absolute atomic E-state index is 0.400. The zero-order valence-corrected chi connectivity index (χ0v) is 9.59. The van der Waals surface area contributed by atoms with Crippen LogP contribution in [0.25, 0.3) is 10.9 Å². The first-order chi connectivity index (χ1) is 7.11. The molecule has 0 radical (unpaired) electrons. The molecule has 1 atom stereocenters. The zero-order chi connectivity index (χ0) is 11.0. The van der Waals surface area contributed by atoms with Gasteiger partial charge < -0.3 is 10.7 Å². The molecule has 2 rings (SSSR count). The standard InChI is InChI=1S/C13H18N2/c1-8-4-9(2)13-11(5-8)6-12(15-13)10(3)7-14/h4-6,10,15H,7,14H2,1-3H3. The molecule has 2 aromatic rings. The van der Waals surface area contributed by atoms with E-state index in [9.17, 15) is 0 Å². The number of fused-ring (bicyclic) bond motifs is 1. The van der Waals surface area contributed by atoms with E-state index in [0.29, 0.717) is 12.5 Å². The second kappa shape index (κ2) is 3.70. The van der Waals surface area contributed by atoms with Gasteiger partial charge in [0.2, 0.25) is 0 Å². The van der Waals surface area contributed by atoms with Gasteiger partial charge >= 0.3 is 0 Å². The van der Waals surface area contributed by atoms with Crippen LogP contribution in [-0.4, -0.2) is 11.5 Å². The van der Waals surface area contributed by atoms with E-state index >= 15 is 0 Å². The minimum atomic E-state index is 0.400. The van der Waals surface area contributed by atoms with Crippen molar-refractivity contribution >= 4 is 10.9 Å². The molecule has 0 aliphatic carbocycles. The van der Waals surface area contributed by atoms with Crippen molar-refractivity contribution in [1.29, 1.82) is 0 Å². The Kier molecular flexibility index (Phi) is 2.53. The molecule has 1 aromatic carbocycles. The number of rotatable bonds is 2. The van der Waals surface area contributed by atoms with Crippen molar-refractivity contribution in [3.05, 3.63) is 35.0 Å². The van der Waals surface area contributed by atoms with Gasteiger partial charge in [-0.3, -0.25) is 0 Å². The summed E-state index contributed by atoms with van der Waals surface area (Å²) in [5.74, 6) is 0.400. The molecule has 0 saturated carbocycles. The Morgan fingerprint density at radius 2 is 2.00 bits per heavy atom. The number of hydrogen-bond acceptors (Lipinski definition) is 1. The highest BCUT2D eigenvalue weighted by Gasteiger charge is 2.08. The summed E-state index contributed by atoms with van der Waals surface area (Å²) in [6.07, 6.45) is 0. The van der Waals surface area contributed by atoms with Gasteiger partial charge in [-0.05, 0) is 31.5 Å². The third-order valence-corrected chi connectivity index (χ3v) is 2.98. The average molecular weight is 202 g/mol. The van der Waals surface area contributed by atoms with Crippen molar-refractivity contribution in [3.8, 4) is 0 Å². The van der Waals surface area contributed by atoms with Crippen molar-refractivity contribution in [2.24, 2.45) is 5.73 Å². The van der Waals surface area contributed by atoms with Crippen LogP contribution in [-0.2, 0) is 0 Å². The van der Waals surface area contributed by atoms with E-state index in [1.54, 1.807) is 0 Å². The van der Waals surface area contributed by atoms with Crippen molar-refractivity contribution in [1.82, 2.24) is 4.98 Å². The lowest BCUT2D eigenvalue weighted by molar-refractivity contribution is 0.754. The Hall–Kier alpha value is -1.28. The van der Waals surface area contributed by atoms with E-state index in [1.807, 2.05) is 0 Å². The monoisotopic (exact) mass is 202 g/mol. The van der Waals surface area contributed by atoms with Gasteiger partial charge in [-0.1, -0.05) is 18.6 Å². The van der Waals surface area contributed by atoms with Crippen LogP contribution in [0.4, 0.5) is 0 Å². The molecule has 80 valence electrons. The van der Waals surface area contributed by atoms with Gasteiger partial charge in [-0.25, -0.2) is 0 Å². The van der Waals surface area contributed by atoms with E-state index < -0.39 is 0 Å². The predicted molar refractivity (Wildman–Crippen MR) is 65.2 cm³/mol. The fourth-order valence-electron chi connectivity index (χ4n) is 2.03. The van der Waals surface area contributed by atoms with E-state index in [0.717, 1.165) is 0 Å². The molecular weight excluding hydrogens is 184 g/mol. The molecule has 0 spiro atoms. The molecule has 2 heteroatoms. The quantitative estimate of drug-likeness (QED) is 0.772. The van der Waals surface area contributed by atoms with Crippen molar-refractivity contribution < 1.29 is 0 Å². The summed E-state index contributed by atoms with van der Waals surface area (Å²) in [7, 11) is 0. The lowest BCUT2D eigenvalue weighted by Gasteiger charge is -2.04. The first-order valence-corrected chi connectivity index (χ1v) is 5.41. The Morgan fingerprint density at radius 1 is 1.27 bits per heavy atom. The predicted octanol–water partition coefficient (Wildman–Crippen LogP) is 2.85. The summed E-state index contributed by atoms with van der Waals surface area (Å²) in [4.78, 5) is 3.46. The smallest absolute Gasteiger partial charge is 0.0486 e. The molecule has 3 N–H and O–H groups in total. The molecule has 1 unspecified atom stereocenters. The molecule has 1 heterocycles. The van der Waals surface area contributed by atoms with E-state index in [1.165, 1.54) is 27.7 Å². The van der Waals surface area contributed by atoms with Crippen LogP contribution in [0.15, 0.2) is 18.2 Å². The van der Waals surface area contributed by atoms with Gasteiger partial charge in [-0.15, -0.1) is 0 Å². The molecule has 0 amide bonds. The molecular formula is C13H18N2. The SMILES string of the molecule is Cc1cc(C)c2[nH]c(C(C)CN)cc2c1. The number of hydrogen-bond donors (Lipinski definition) is 2. The number of nitrogens with two attached hydrogens (primary N) is 1. The maximum atomic E-state index is 5.67. The topological polar surface area (TPSA) is 41.8 Å². The van der Waals surface area contributed by atoms with Crippen LogP contribution in [0.3, 0.4) is 0 Å². The largest absolute Gasteiger partial charge is 0.358 e. The first-order valence-electron chi connectivity index (χ1n) is 5.41. The van der Waals surface area contributed by atoms with Gasteiger partial charge in [0.25, 0.3) is 0 Å². The molecule has 15 heavy (non-hydrogen) atoms. The Labute approximate surface area is 90.5 Å². The molecule has 1 aromatic heterocycles. The molecule has 0 saturated heterocycles. The summed E-state index contributed by atoms with van der Waals surface area (Å²) in [6.45, 7) is 7.10. The number of aromatic nitrogens is 1. The minimum Gasteiger partial charge on any atom is -0.358 e. The van der Waals surface area contributed by atoms with Gasteiger partial charge in [-0.2, -0.15) is 0 Å². The lowest BCUT2D eigenvalue weighted by atomic mass is 10.1. The van der Waals surface area contributed by atoms with Gasteiger partial charge in [0, 0.05) is 29.1 Å². The summed E-state index contributed by atoms with van der Waals surface area (Å²) >= 11 is 0. The van der Waals surface area contributed by atoms with Gasteiger partial charge in [0.1, 0.15) is 0 Å². The van der Waals surface area contributed by atoms with Crippen LogP contribution in [0, 0.1) is 13.8 Å². The van der Waals surface area contributed by atoms with Crippen LogP contribution >= 0.6 is 0 Å². The van der Waals surface area contributed by atoms with Crippen LogP contribution in [0.2, 0.25) is 0 Å². The molecule has 0 bridgehead atoms. The van der Waals surface area contributed by atoms with E-state index in [2.05, 4.69) is 44.0 Å². The van der Waals surface area contributed by atoms with E-state index in [4.69, 9.17) is 5.73 Å². The fraction of sp³-hybridized carbons (Fsp3) is 0.385. The molecule has 2 nitrogen and oxygen atoms in total. The normalized spacial score (nSPS) is 13.3. The lowest BCUT2D eigenvalue weighted by Crippen LogP contribution is -2.08. The second-order valence-corrected chi connectivity index (χ2v) is 4.41. The average Bonchev–Trinajstić information content (AvgIpc) is 2.60. The van der Waals surface area contributed by atoms with Crippen LogP contribution in [0.5, 0.6) is 0 Å². The molecule has 0 fully saturated rings.